The summed E-state index contributed by atoms with van der Waals surface area (Å²) in [5, 5.41) is 2.71. The van der Waals surface area contributed by atoms with E-state index >= 15 is 0 Å². The second-order valence-corrected chi connectivity index (χ2v) is 5.23. The number of hydrogen-bond donors (Lipinski definition) is 1. The van der Waals surface area contributed by atoms with Crippen molar-refractivity contribution in [2.24, 2.45) is 0 Å². The van der Waals surface area contributed by atoms with Crippen LogP contribution in [0.15, 0.2) is 42.5 Å². The number of rotatable bonds is 5. The Morgan fingerprint density at radius 2 is 1.61 bits per heavy atom. The summed E-state index contributed by atoms with van der Waals surface area (Å²) in [6.45, 7) is 3.57. The minimum atomic E-state index is -0.553. The van der Waals surface area contributed by atoms with Crippen LogP contribution in [-0.4, -0.2) is 25.6 Å². The summed E-state index contributed by atoms with van der Waals surface area (Å²) < 4.78 is 10.0. The van der Waals surface area contributed by atoms with E-state index < -0.39 is 5.97 Å². The molecule has 0 unspecified atom stereocenters. The number of aryl methyl sites for hydroxylation is 2. The lowest BCUT2D eigenvalue weighted by Gasteiger charge is -2.08. The topological polar surface area (TPSA) is 64.6 Å². The Morgan fingerprint density at radius 3 is 2.17 bits per heavy atom. The zero-order chi connectivity index (χ0) is 16.8. The first-order valence-electron chi connectivity index (χ1n) is 7.17. The second kappa shape index (κ2) is 7.45. The van der Waals surface area contributed by atoms with Crippen LogP contribution in [0, 0.1) is 13.8 Å². The van der Waals surface area contributed by atoms with Crippen molar-refractivity contribution in [3.63, 3.8) is 0 Å². The molecule has 0 fully saturated rings. The third kappa shape index (κ3) is 4.85. The fourth-order valence-corrected chi connectivity index (χ4v) is 2.19. The highest BCUT2D eigenvalue weighted by atomic mass is 16.5. The molecule has 23 heavy (non-hydrogen) atoms. The summed E-state index contributed by atoms with van der Waals surface area (Å²) in [7, 11) is 1.55. The number of esters is 1. The summed E-state index contributed by atoms with van der Waals surface area (Å²) >= 11 is 0. The van der Waals surface area contributed by atoms with Crippen molar-refractivity contribution >= 4 is 17.6 Å². The number of amides is 1. The molecule has 5 heteroatoms. The van der Waals surface area contributed by atoms with E-state index in [1.807, 2.05) is 32.0 Å². The Hall–Kier alpha value is -2.82. The van der Waals surface area contributed by atoms with Gasteiger partial charge < -0.3 is 14.8 Å². The molecule has 0 aliphatic heterocycles. The van der Waals surface area contributed by atoms with E-state index in [4.69, 9.17) is 9.47 Å². The summed E-state index contributed by atoms with van der Waals surface area (Å²) in [5.41, 5.74) is 3.16. The van der Waals surface area contributed by atoms with Gasteiger partial charge in [-0.05, 0) is 61.4 Å². The predicted molar refractivity (Wildman–Crippen MR) is 87.8 cm³/mol. The lowest BCUT2D eigenvalue weighted by Crippen LogP contribution is -2.21. The van der Waals surface area contributed by atoms with Crippen molar-refractivity contribution in [1.29, 1.82) is 0 Å². The number of nitrogens with one attached hydrogen (secondary N) is 1. The molecule has 0 aliphatic carbocycles. The third-order valence-corrected chi connectivity index (χ3v) is 3.17. The molecule has 0 heterocycles. The van der Waals surface area contributed by atoms with Crippen molar-refractivity contribution in [2.75, 3.05) is 19.0 Å². The highest BCUT2D eigenvalue weighted by Crippen LogP contribution is 2.14. The maximum absolute atomic E-state index is 11.9. The predicted octanol–water partition coefficient (Wildman–Crippen LogP) is 3.11. The van der Waals surface area contributed by atoms with Gasteiger partial charge in [-0.1, -0.05) is 6.07 Å². The molecule has 5 nitrogen and oxygen atoms in total. The van der Waals surface area contributed by atoms with Gasteiger partial charge in [0.25, 0.3) is 5.91 Å². The van der Waals surface area contributed by atoms with Crippen LogP contribution in [0.1, 0.15) is 21.5 Å². The Morgan fingerprint density at radius 1 is 1.00 bits per heavy atom. The number of benzene rings is 2. The van der Waals surface area contributed by atoms with Crippen molar-refractivity contribution in [2.45, 2.75) is 13.8 Å². The van der Waals surface area contributed by atoms with Gasteiger partial charge in [0.05, 0.1) is 12.7 Å². The molecule has 0 aromatic heterocycles. The zero-order valence-electron chi connectivity index (χ0n) is 13.4. The Bertz CT molecular complexity index is 687. The van der Waals surface area contributed by atoms with Gasteiger partial charge in [-0.15, -0.1) is 0 Å². The van der Waals surface area contributed by atoms with Gasteiger partial charge >= 0.3 is 5.97 Å². The maximum atomic E-state index is 11.9. The van der Waals surface area contributed by atoms with Crippen LogP contribution in [0.25, 0.3) is 0 Å². The first-order chi connectivity index (χ1) is 11.0. The van der Waals surface area contributed by atoms with E-state index in [-0.39, 0.29) is 12.5 Å². The van der Waals surface area contributed by atoms with E-state index in [9.17, 15) is 9.59 Å². The van der Waals surface area contributed by atoms with Gasteiger partial charge in [0, 0.05) is 5.69 Å². The lowest BCUT2D eigenvalue weighted by molar-refractivity contribution is -0.119. The molecule has 1 amide bonds. The van der Waals surface area contributed by atoms with Gasteiger partial charge in [0.2, 0.25) is 0 Å². The molecular formula is C18H19NO4. The standard InChI is InChI=1S/C18H19NO4/c1-12-8-13(2)10-15(9-12)19-17(20)11-23-18(21)14-4-6-16(22-3)7-5-14/h4-10H,11H2,1-3H3,(H,19,20). The van der Waals surface area contributed by atoms with Crippen molar-refractivity contribution in [3.8, 4) is 5.75 Å². The number of anilines is 1. The smallest absolute Gasteiger partial charge is 0.338 e. The summed E-state index contributed by atoms with van der Waals surface area (Å²) in [4.78, 5) is 23.7. The largest absolute Gasteiger partial charge is 0.497 e. The van der Waals surface area contributed by atoms with E-state index in [0.717, 1.165) is 11.1 Å². The van der Waals surface area contributed by atoms with Crippen LogP contribution in [-0.2, 0) is 9.53 Å². The van der Waals surface area contributed by atoms with Crippen LogP contribution in [0.5, 0.6) is 5.75 Å². The monoisotopic (exact) mass is 313 g/mol. The molecule has 0 saturated heterocycles. The van der Waals surface area contributed by atoms with Crippen LogP contribution < -0.4 is 10.1 Å². The van der Waals surface area contributed by atoms with Crippen molar-refractivity contribution in [1.82, 2.24) is 0 Å². The number of ether oxygens (including phenoxy) is 2. The number of carbonyl (C=O) groups excluding carboxylic acids is 2. The molecular weight excluding hydrogens is 294 g/mol. The lowest BCUT2D eigenvalue weighted by atomic mass is 10.1. The average Bonchev–Trinajstić information content (AvgIpc) is 2.51. The molecule has 2 aromatic carbocycles. The Balaban J connectivity index is 1.89. The number of methoxy groups -OCH3 is 1. The number of hydrogen-bond acceptors (Lipinski definition) is 4. The van der Waals surface area contributed by atoms with Crippen LogP contribution in [0.3, 0.4) is 0 Å². The Kier molecular flexibility index (Phi) is 5.36. The van der Waals surface area contributed by atoms with E-state index in [0.29, 0.717) is 17.0 Å². The highest BCUT2D eigenvalue weighted by Gasteiger charge is 2.10. The van der Waals surface area contributed by atoms with Gasteiger partial charge in [-0.3, -0.25) is 4.79 Å². The average molecular weight is 313 g/mol. The van der Waals surface area contributed by atoms with Crippen LogP contribution >= 0.6 is 0 Å². The molecule has 2 aromatic rings. The second-order valence-electron chi connectivity index (χ2n) is 5.23. The first-order valence-corrected chi connectivity index (χ1v) is 7.17. The molecule has 0 atom stereocenters. The normalized spacial score (nSPS) is 10.0. The molecule has 0 aliphatic rings. The minimum Gasteiger partial charge on any atom is -0.497 e. The van der Waals surface area contributed by atoms with Gasteiger partial charge in [0.1, 0.15) is 5.75 Å². The molecule has 0 radical (unpaired) electrons. The fourth-order valence-electron chi connectivity index (χ4n) is 2.19. The van der Waals surface area contributed by atoms with Gasteiger partial charge in [0.15, 0.2) is 6.61 Å². The SMILES string of the molecule is COc1ccc(C(=O)OCC(=O)Nc2cc(C)cc(C)c2)cc1. The minimum absolute atomic E-state index is 0.335. The summed E-state index contributed by atoms with van der Waals surface area (Å²) in [5.74, 6) is -0.283. The first kappa shape index (κ1) is 16.5. The van der Waals surface area contributed by atoms with Crippen LogP contribution in [0.4, 0.5) is 5.69 Å². The molecule has 1 N–H and O–H groups in total. The van der Waals surface area contributed by atoms with Crippen molar-refractivity contribution in [3.05, 3.63) is 59.2 Å². The molecule has 0 saturated carbocycles. The zero-order valence-corrected chi connectivity index (χ0v) is 13.4. The number of carbonyl (C=O) groups is 2. The molecule has 0 spiro atoms. The maximum Gasteiger partial charge on any atom is 0.338 e. The highest BCUT2D eigenvalue weighted by molar-refractivity contribution is 5.95. The van der Waals surface area contributed by atoms with E-state index in [2.05, 4.69) is 5.32 Å². The molecule has 120 valence electrons. The summed E-state index contributed by atoms with van der Waals surface area (Å²) in [6.07, 6.45) is 0. The fraction of sp³-hybridized carbons (Fsp3) is 0.222. The molecule has 2 rings (SSSR count). The van der Waals surface area contributed by atoms with E-state index in [1.54, 1.807) is 31.4 Å². The van der Waals surface area contributed by atoms with Crippen LogP contribution in [0.2, 0.25) is 0 Å². The summed E-state index contributed by atoms with van der Waals surface area (Å²) in [6, 6.07) is 12.2. The quantitative estimate of drug-likeness (QED) is 0.861. The van der Waals surface area contributed by atoms with Gasteiger partial charge in [-0.25, -0.2) is 4.79 Å². The Labute approximate surface area is 135 Å². The third-order valence-electron chi connectivity index (χ3n) is 3.17. The van der Waals surface area contributed by atoms with Crippen molar-refractivity contribution < 1.29 is 19.1 Å². The molecule has 0 bridgehead atoms. The van der Waals surface area contributed by atoms with E-state index in [1.165, 1.54) is 0 Å². The van der Waals surface area contributed by atoms with Gasteiger partial charge in [-0.2, -0.15) is 0 Å².